The Bertz CT molecular complexity index is 561. The zero-order chi connectivity index (χ0) is 12.4. The van der Waals surface area contributed by atoms with Gasteiger partial charge in [0.25, 0.3) is 11.3 Å². The lowest BCUT2D eigenvalue weighted by molar-refractivity contribution is 0.153. The van der Waals surface area contributed by atoms with Crippen molar-refractivity contribution in [1.29, 1.82) is 0 Å². The molecule has 7 nitrogen and oxygen atoms in total. The van der Waals surface area contributed by atoms with E-state index in [4.69, 9.17) is 5.11 Å². The summed E-state index contributed by atoms with van der Waals surface area (Å²) < 4.78 is 1.28. The molecule has 0 bridgehead atoms. The number of nitrogens with one attached hydrogen (secondary N) is 1. The number of likely N-dealkylation sites (N-methyl/N-ethyl adjacent to an activating group) is 1. The third kappa shape index (κ3) is 2.34. The number of aliphatic hydroxyl groups excluding tert-OH is 1. The number of nitrogens with zero attached hydrogens (tertiary/aromatic N) is 4. The Labute approximate surface area is 97.7 Å². The molecule has 17 heavy (non-hydrogen) atoms. The molecule has 2 rings (SSSR count). The molecule has 2 N–H and O–H groups in total. The standard InChI is InChI=1S/C10H15N5O2/c1-7(5-16)14(2)4-8-3-9(17)15-10(13-8)11-6-12-15/h3,6-7,16H,4-5H2,1-2H3,(H,11,12,13). The first kappa shape index (κ1) is 11.7. The van der Waals surface area contributed by atoms with Gasteiger partial charge in [-0.05, 0) is 14.0 Å². The maximum absolute atomic E-state index is 11.7. The number of fused-ring (bicyclic) bond motifs is 1. The van der Waals surface area contributed by atoms with E-state index >= 15 is 0 Å². The molecule has 2 aromatic rings. The molecule has 7 heteroatoms. The van der Waals surface area contributed by atoms with Crippen molar-refractivity contribution in [2.45, 2.75) is 19.5 Å². The zero-order valence-corrected chi connectivity index (χ0v) is 9.79. The highest BCUT2D eigenvalue weighted by atomic mass is 16.3. The molecular formula is C10H15N5O2. The summed E-state index contributed by atoms with van der Waals surface area (Å²) in [5.74, 6) is 0.359. The van der Waals surface area contributed by atoms with Gasteiger partial charge in [0.15, 0.2) is 0 Å². The normalized spacial score (nSPS) is 13.4. The van der Waals surface area contributed by atoms with Crippen LogP contribution in [-0.2, 0) is 6.54 Å². The van der Waals surface area contributed by atoms with Crippen LogP contribution in [0, 0.1) is 0 Å². The minimum Gasteiger partial charge on any atom is -0.395 e. The Hall–Kier alpha value is -1.73. The van der Waals surface area contributed by atoms with E-state index in [0.717, 1.165) is 0 Å². The van der Waals surface area contributed by atoms with Crippen LogP contribution in [0.15, 0.2) is 17.2 Å². The van der Waals surface area contributed by atoms with Gasteiger partial charge < -0.3 is 5.11 Å². The molecule has 0 saturated carbocycles. The first-order valence-corrected chi connectivity index (χ1v) is 5.35. The second-order valence-corrected chi connectivity index (χ2v) is 4.06. The molecule has 1 atom stereocenters. The summed E-state index contributed by atoms with van der Waals surface area (Å²) in [5.41, 5.74) is 0.456. The van der Waals surface area contributed by atoms with Gasteiger partial charge in [-0.15, -0.1) is 0 Å². The molecule has 1 unspecified atom stereocenters. The Kier molecular flexibility index (Phi) is 3.21. The van der Waals surface area contributed by atoms with Crippen LogP contribution in [0.4, 0.5) is 0 Å². The summed E-state index contributed by atoms with van der Waals surface area (Å²) >= 11 is 0. The van der Waals surface area contributed by atoms with Crippen molar-refractivity contribution in [2.24, 2.45) is 0 Å². The number of aromatic nitrogens is 4. The third-order valence-corrected chi connectivity index (χ3v) is 2.75. The Morgan fingerprint density at radius 2 is 2.41 bits per heavy atom. The van der Waals surface area contributed by atoms with E-state index in [0.29, 0.717) is 18.0 Å². The minimum atomic E-state index is -0.187. The van der Waals surface area contributed by atoms with Gasteiger partial charge in [-0.3, -0.25) is 14.8 Å². The van der Waals surface area contributed by atoms with E-state index in [-0.39, 0.29) is 18.2 Å². The number of H-pyrrole nitrogens is 1. The first-order valence-electron chi connectivity index (χ1n) is 5.35. The van der Waals surface area contributed by atoms with E-state index in [9.17, 15) is 4.79 Å². The monoisotopic (exact) mass is 237 g/mol. The van der Waals surface area contributed by atoms with Gasteiger partial charge in [0.05, 0.1) is 12.3 Å². The SMILES string of the molecule is CC(CO)N(C)Cc1cc(=O)n2[nH]cnc2n1. The molecule has 0 saturated heterocycles. The molecule has 0 aliphatic carbocycles. The van der Waals surface area contributed by atoms with Crippen LogP contribution in [0.1, 0.15) is 12.6 Å². The number of aromatic amines is 1. The molecule has 2 aromatic heterocycles. The molecule has 0 aliphatic heterocycles. The van der Waals surface area contributed by atoms with Crippen LogP contribution in [0.25, 0.3) is 5.78 Å². The largest absolute Gasteiger partial charge is 0.395 e. The van der Waals surface area contributed by atoms with Gasteiger partial charge in [0, 0.05) is 18.7 Å². The van der Waals surface area contributed by atoms with Crippen molar-refractivity contribution in [1.82, 2.24) is 24.5 Å². The number of aliphatic hydroxyl groups is 1. The van der Waals surface area contributed by atoms with Crippen LogP contribution < -0.4 is 5.56 Å². The predicted molar refractivity (Wildman–Crippen MR) is 61.6 cm³/mol. The summed E-state index contributed by atoms with van der Waals surface area (Å²) in [5, 5.41) is 11.7. The number of rotatable bonds is 4. The van der Waals surface area contributed by atoms with Crippen molar-refractivity contribution in [3.8, 4) is 0 Å². The summed E-state index contributed by atoms with van der Waals surface area (Å²) in [7, 11) is 1.87. The average Bonchev–Trinajstić information content (AvgIpc) is 2.76. The van der Waals surface area contributed by atoms with Gasteiger partial charge in [0.1, 0.15) is 6.33 Å². The Morgan fingerprint density at radius 3 is 3.12 bits per heavy atom. The second-order valence-electron chi connectivity index (χ2n) is 4.06. The van der Waals surface area contributed by atoms with Crippen LogP contribution in [0.3, 0.4) is 0 Å². The molecule has 0 aromatic carbocycles. The Morgan fingerprint density at radius 1 is 1.65 bits per heavy atom. The highest BCUT2D eigenvalue weighted by Gasteiger charge is 2.11. The van der Waals surface area contributed by atoms with E-state index in [1.54, 1.807) is 0 Å². The smallest absolute Gasteiger partial charge is 0.274 e. The summed E-state index contributed by atoms with van der Waals surface area (Å²) in [6.07, 6.45) is 1.42. The Balaban J connectivity index is 2.27. The molecule has 2 heterocycles. The highest BCUT2D eigenvalue weighted by molar-refractivity contribution is 5.25. The highest BCUT2D eigenvalue weighted by Crippen LogP contribution is 2.02. The first-order chi connectivity index (χ1) is 8.11. The van der Waals surface area contributed by atoms with Crippen molar-refractivity contribution < 1.29 is 5.11 Å². The molecule has 92 valence electrons. The fraction of sp³-hybridized carbons (Fsp3) is 0.500. The lowest BCUT2D eigenvalue weighted by atomic mass is 10.3. The van der Waals surface area contributed by atoms with Crippen LogP contribution in [0.2, 0.25) is 0 Å². The maximum Gasteiger partial charge on any atom is 0.274 e. The lowest BCUT2D eigenvalue weighted by Gasteiger charge is -2.21. The summed E-state index contributed by atoms with van der Waals surface area (Å²) in [4.78, 5) is 21.8. The number of hydrogen-bond acceptors (Lipinski definition) is 5. The van der Waals surface area contributed by atoms with Gasteiger partial charge in [-0.25, -0.2) is 9.97 Å². The minimum absolute atomic E-state index is 0.0226. The molecule has 0 radical (unpaired) electrons. The van der Waals surface area contributed by atoms with Crippen molar-refractivity contribution in [3.05, 3.63) is 28.4 Å². The van der Waals surface area contributed by atoms with Crippen LogP contribution in [-0.4, -0.2) is 49.3 Å². The quantitative estimate of drug-likeness (QED) is 0.729. The van der Waals surface area contributed by atoms with E-state index in [2.05, 4.69) is 15.1 Å². The van der Waals surface area contributed by atoms with Crippen molar-refractivity contribution in [2.75, 3.05) is 13.7 Å². The molecule has 0 amide bonds. The van der Waals surface area contributed by atoms with Gasteiger partial charge >= 0.3 is 0 Å². The predicted octanol–water partition coefficient (Wildman–Crippen LogP) is -0.770. The molecule has 0 spiro atoms. The molecule has 0 fully saturated rings. The van der Waals surface area contributed by atoms with E-state index in [1.165, 1.54) is 16.9 Å². The van der Waals surface area contributed by atoms with Gasteiger partial charge in [-0.2, -0.15) is 4.52 Å². The van der Waals surface area contributed by atoms with E-state index < -0.39 is 0 Å². The molecule has 0 aliphatic rings. The fourth-order valence-electron chi connectivity index (χ4n) is 1.50. The summed E-state index contributed by atoms with van der Waals surface area (Å²) in [6, 6.07) is 1.49. The van der Waals surface area contributed by atoms with E-state index in [1.807, 2.05) is 18.9 Å². The van der Waals surface area contributed by atoms with Crippen molar-refractivity contribution >= 4 is 5.78 Å². The van der Waals surface area contributed by atoms with Gasteiger partial charge in [0.2, 0.25) is 0 Å². The second kappa shape index (κ2) is 4.64. The fourth-order valence-corrected chi connectivity index (χ4v) is 1.50. The topological polar surface area (TPSA) is 86.5 Å². The third-order valence-electron chi connectivity index (χ3n) is 2.75. The van der Waals surface area contributed by atoms with Gasteiger partial charge in [-0.1, -0.05) is 0 Å². The van der Waals surface area contributed by atoms with Crippen LogP contribution >= 0.6 is 0 Å². The zero-order valence-electron chi connectivity index (χ0n) is 9.79. The van der Waals surface area contributed by atoms with Crippen LogP contribution in [0.5, 0.6) is 0 Å². The average molecular weight is 237 g/mol. The lowest BCUT2D eigenvalue weighted by Crippen LogP contribution is -2.32. The van der Waals surface area contributed by atoms with Crippen molar-refractivity contribution in [3.63, 3.8) is 0 Å². The number of hydrogen-bond donors (Lipinski definition) is 2. The summed E-state index contributed by atoms with van der Waals surface area (Å²) in [6.45, 7) is 2.47. The maximum atomic E-state index is 11.7. The molecular weight excluding hydrogens is 222 g/mol.